The number of halogens is 4. The summed E-state index contributed by atoms with van der Waals surface area (Å²) in [6.45, 7) is 0.733. The number of nitrogens with zero attached hydrogens (tertiary/aromatic N) is 1. The van der Waals surface area contributed by atoms with Crippen molar-refractivity contribution < 1.29 is 13.2 Å². The van der Waals surface area contributed by atoms with E-state index < -0.39 is 12.7 Å². The maximum atomic E-state index is 12.4. The maximum Gasteiger partial charge on any atom is 0.406 e. The molecule has 2 rings (SSSR count). The molecule has 0 bridgehead atoms. The summed E-state index contributed by atoms with van der Waals surface area (Å²) < 4.78 is 39.3. The highest BCUT2D eigenvalue weighted by Crippen LogP contribution is 2.29. The van der Waals surface area contributed by atoms with E-state index in [1.165, 1.54) is 4.57 Å². The second-order valence-corrected chi connectivity index (χ2v) is 4.51. The third-order valence-corrected chi connectivity index (χ3v) is 3.13. The monoisotopic (exact) mass is 291 g/mol. The molecule has 0 aliphatic rings. The third kappa shape index (κ3) is 2.09. The van der Waals surface area contributed by atoms with Crippen molar-refractivity contribution in [3.05, 3.63) is 34.4 Å². The molecular formula is C11H9BrF3N. The van der Waals surface area contributed by atoms with E-state index >= 15 is 0 Å². The van der Waals surface area contributed by atoms with Crippen LogP contribution in [0.25, 0.3) is 10.9 Å². The van der Waals surface area contributed by atoms with Gasteiger partial charge in [0.1, 0.15) is 6.54 Å². The minimum absolute atomic E-state index is 0.601. The SMILES string of the molecule is Cc1cc2c(Br)cccc2n1CC(F)(F)F. The molecule has 0 saturated carbocycles. The van der Waals surface area contributed by atoms with Crippen LogP contribution < -0.4 is 0 Å². The van der Waals surface area contributed by atoms with Crippen molar-refractivity contribution >= 4 is 26.8 Å². The Morgan fingerprint density at radius 1 is 1.31 bits per heavy atom. The molecule has 0 amide bonds. The molecule has 1 nitrogen and oxygen atoms in total. The van der Waals surface area contributed by atoms with Crippen LogP contribution in [0.3, 0.4) is 0 Å². The summed E-state index contributed by atoms with van der Waals surface area (Å²) in [6.07, 6.45) is -4.20. The van der Waals surface area contributed by atoms with Crippen LogP contribution in [0.4, 0.5) is 13.2 Å². The van der Waals surface area contributed by atoms with Gasteiger partial charge in [0.05, 0.1) is 0 Å². The fourth-order valence-corrected chi connectivity index (χ4v) is 2.24. The lowest BCUT2D eigenvalue weighted by atomic mass is 10.2. The van der Waals surface area contributed by atoms with Crippen LogP contribution in [0.5, 0.6) is 0 Å². The van der Waals surface area contributed by atoms with Gasteiger partial charge in [0.2, 0.25) is 0 Å². The average molecular weight is 292 g/mol. The predicted octanol–water partition coefficient (Wildman–Crippen LogP) is 4.27. The number of alkyl halides is 3. The first kappa shape index (κ1) is 11.5. The first-order valence-corrected chi connectivity index (χ1v) is 5.49. The molecule has 0 spiro atoms. The zero-order valence-electron chi connectivity index (χ0n) is 8.48. The lowest BCUT2D eigenvalue weighted by Crippen LogP contribution is -2.18. The lowest BCUT2D eigenvalue weighted by Gasteiger charge is -2.11. The van der Waals surface area contributed by atoms with Crippen LogP contribution in [0.1, 0.15) is 5.69 Å². The normalized spacial score (nSPS) is 12.3. The van der Waals surface area contributed by atoms with E-state index in [4.69, 9.17) is 0 Å². The Kier molecular flexibility index (Phi) is 2.74. The summed E-state index contributed by atoms with van der Waals surface area (Å²) >= 11 is 3.33. The first-order chi connectivity index (χ1) is 7.38. The summed E-state index contributed by atoms with van der Waals surface area (Å²) in [5, 5.41) is 0.809. The second kappa shape index (κ2) is 3.80. The Labute approximate surface area is 99.0 Å². The zero-order valence-corrected chi connectivity index (χ0v) is 10.1. The van der Waals surface area contributed by atoms with Crippen LogP contribution in [0.15, 0.2) is 28.7 Å². The highest BCUT2D eigenvalue weighted by molar-refractivity contribution is 9.10. The van der Waals surface area contributed by atoms with Gasteiger partial charge in [-0.2, -0.15) is 13.2 Å². The molecule has 0 saturated heterocycles. The summed E-state index contributed by atoms with van der Waals surface area (Å²) in [7, 11) is 0. The lowest BCUT2D eigenvalue weighted by molar-refractivity contribution is -0.140. The van der Waals surface area contributed by atoms with Crippen molar-refractivity contribution in [1.29, 1.82) is 0 Å². The standard InChI is InChI=1S/C11H9BrF3N/c1-7-5-8-9(12)3-2-4-10(8)16(7)6-11(13,14)15/h2-5H,6H2,1H3. The van der Waals surface area contributed by atoms with Crippen molar-refractivity contribution in [2.24, 2.45) is 0 Å². The Bertz CT molecular complexity index is 528. The van der Waals surface area contributed by atoms with E-state index in [1.807, 2.05) is 6.07 Å². The highest BCUT2D eigenvalue weighted by Gasteiger charge is 2.29. The number of hydrogen-bond donors (Lipinski definition) is 0. The van der Waals surface area contributed by atoms with Gasteiger partial charge in [-0.05, 0) is 25.1 Å². The summed E-state index contributed by atoms with van der Waals surface area (Å²) in [6, 6.07) is 7.00. The molecule has 0 N–H and O–H groups in total. The number of fused-ring (bicyclic) bond motifs is 1. The Balaban J connectivity index is 2.61. The maximum absolute atomic E-state index is 12.4. The third-order valence-electron chi connectivity index (χ3n) is 2.44. The van der Waals surface area contributed by atoms with E-state index in [1.54, 1.807) is 25.1 Å². The molecular weight excluding hydrogens is 283 g/mol. The highest BCUT2D eigenvalue weighted by atomic mass is 79.9. The van der Waals surface area contributed by atoms with Crippen molar-refractivity contribution in [1.82, 2.24) is 4.57 Å². The predicted molar refractivity (Wildman–Crippen MR) is 60.4 cm³/mol. The fourth-order valence-electron chi connectivity index (χ4n) is 1.77. The summed E-state index contributed by atoms with van der Waals surface area (Å²) in [5.41, 5.74) is 1.21. The summed E-state index contributed by atoms with van der Waals surface area (Å²) in [4.78, 5) is 0. The Hall–Kier alpha value is -0.970. The molecule has 86 valence electrons. The van der Waals surface area contributed by atoms with E-state index in [-0.39, 0.29) is 0 Å². The smallest absolute Gasteiger partial charge is 0.336 e. The van der Waals surface area contributed by atoms with Crippen LogP contribution in [-0.2, 0) is 6.54 Å². The van der Waals surface area contributed by atoms with E-state index in [9.17, 15) is 13.2 Å². The quantitative estimate of drug-likeness (QED) is 0.739. The van der Waals surface area contributed by atoms with Crippen LogP contribution >= 0.6 is 15.9 Å². The molecule has 5 heteroatoms. The second-order valence-electron chi connectivity index (χ2n) is 3.66. The molecule has 0 atom stereocenters. The van der Waals surface area contributed by atoms with Crippen LogP contribution in [-0.4, -0.2) is 10.7 Å². The molecule has 0 fully saturated rings. The van der Waals surface area contributed by atoms with Crippen molar-refractivity contribution in [2.45, 2.75) is 19.6 Å². The number of rotatable bonds is 1. The molecule has 0 radical (unpaired) electrons. The van der Waals surface area contributed by atoms with E-state index in [2.05, 4.69) is 15.9 Å². The van der Waals surface area contributed by atoms with Crippen molar-refractivity contribution in [2.75, 3.05) is 0 Å². The van der Waals surface area contributed by atoms with Gasteiger partial charge >= 0.3 is 6.18 Å². The average Bonchev–Trinajstić information content (AvgIpc) is 2.44. The minimum Gasteiger partial charge on any atom is -0.336 e. The number of benzene rings is 1. The zero-order chi connectivity index (χ0) is 11.9. The van der Waals surface area contributed by atoms with Gasteiger partial charge in [-0.25, -0.2) is 0 Å². The fraction of sp³-hybridized carbons (Fsp3) is 0.273. The van der Waals surface area contributed by atoms with Crippen molar-refractivity contribution in [3.63, 3.8) is 0 Å². The molecule has 0 aliphatic carbocycles. The first-order valence-electron chi connectivity index (χ1n) is 4.69. The summed E-state index contributed by atoms with van der Waals surface area (Å²) in [5.74, 6) is 0. The molecule has 2 aromatic rings. The molecule has 0 aliphatic heterocycles. The van der Waals surface area contributed by atoms with E-state index in [0.717, 1.165) is 9.86 Å². The largest absolute Gasteiger partial charge is 0.406 e. The van der Waals surface area contributed by atoms with Gasteiger partial charge in [0.25, 0.3) is 0 Å². The van der Waals surface area contributed by atoms with Crippen molar-refractivity contribution in [3.8, 4) is 0 Å². The number of hydrogen-bond acceptors (Lipinski definition) is 0. The topological polar surface area (TPSA) is 4.93 Å². The van der Waals surface area contributed by atoms with Crippen LogP contribution in [0, 0.1) is 6.92 Å². The molecule has 1 aromatic heterocycles. The minimum atomic E-state index is -4.20. The van der Waals surface area contributed by atoms with Gasteiger partial charge in [0.15, 0.2) is 0 Å². The molecule has 16 heavy (non-hydrogen) atoms. The number of aromatic nitrogens is 1. The van der Waals surface area contributed by atoms with Gasteiger partial charge in [0, 0.05) is 21.1 Å². The van der Waals surface area contributed by atoms with Gasteiger partial charge in [-0.3, -0.25) is 0 Å². The molecule has 1 aromatic carbocycles. The number of aryl methyl sites for hydroxylation is 1. The van der Waals surface area contributed by atoms with Gasteiger partial charge in [-0.1, -0.05) is 22.0 Å². The van der Waals surface area contributed by atoms with E-state index in [0.29, 0.717) is 11.2 Å². The van der Waals surface area contributed by atoms with Gasteiger partial charge < -0.3 is 4.57 Å². The Morgan fingerprint density at radius 3 is 2.62 bits per heavy atom. The molecule has 0 unspecified atom stereocenters. The molecule has 1 heterocycles. The Morgan fingerprint density at radius 2 is 2.00 bits per heavy atom. The van der Waals surface area contributed by atoms with Gasteiger partial charge in [-0.15, -0.1) is 0 Å². The van der Waals surface area contributed by atoms with Crippen LogP contribution in [0.2, 0.25) is 0 Å².